The second-order valence-corrected chi connectivity index (χ2v) is 6.04. The molecule has 0 aliphatic rings. The number of halogens is 1. The third-order valence-electron chi connectivity index (χ3n) is 2.54. The minimum absolute atomic E-state index is 0.0480. The summed E-state index contributed by atoms with van der Waals surface area (Å²) in [6.07, 6.45) is 0.168. The Morgan fingerprint density at radius 3 is 2.44 bits per heavy atom. The first kappa shape index (κ1) is 14.8. The first-order chi connectivity index (χ1) is 8.28. The van der Waals surface area contributed by atoms with Crippen LogP contribution < -0.4 is 0 Å². The van der Waals surface area contributed by atoms with Crippen LogP contribution in [0.2, 0.25) is 0 Å². The zero-order chi connectivity index (χ0) is 13.8. The Bertz CT molecular complexity index is 409. The van der Waals surface area contributed by atoms with Crippen LogP contribution in [0.15, 0.2) is 24.3 Å². The molecule has 0 amide bonds. The van der Waals surface area contributed by atoms with Crippen LogP contribution in [-0.4, -0.2) is 30.8 Å². The van der Waals surface area contributed by atoms with E-state index in [0.29, 0.717) is 12.1 Å². The number of rotatable bonds is 5. The molecule has 0 saturated heterocycles. The minimum atomic E-state index is -0.302. The van der Waals surface area contributed by atoms with E-state index < -0.39 is 0 Å². The van der Waals surface area contributed by atoms with Gasteiger partial charge in [0.15, 0.2) is 5.78 Å². The number of benzene rings is 1. The van der Waals surface area contributed by atoms with Crippen LogP contribution in [0.3, 0.4) is 0 Å². The zero-order valence-corrected chi connectivity index (χ0v) is 11.7. The number of carbonyl (C=O) groups excluding carboxylic acids is 1. The van der Waals surface area contributed by atoms with Gasteiger partial charge in [-0.05, 0) is 24.1 Å². The van der Waals surface area contributed by atoms with E-state index in [0.717, 1.165) is 6.54 Å². The molecule has 0 spiro atoms. The van der Waals surface area contributed by atoms with Crippen molar-refractivity contribution < 1.29 is 9.18 Å². The maximum atomic E-state index is 13.4. The van der Waals surface area contributed by atoms with Crippen LogP contribution in [0.4, 0.5) is 4.39 Å². The van der Waals surface area contributed by atoms with Crippen molar-refractivity contribution in [1.29, 1.82) is 0 Å². The van der Waals surface area contributed by atoms with Gasteiger partial charge in [0.1, 0.15) is 5.82 Å². The summed E-state index contributed by atoms with van der Waals surface area (Å²) in [4.78, 5) is 13.8. The highest BCUT2D eigenvalue weighted by atomic mass is 19.1. The van der Waals surface area contributed by atoms with Crippen LogP contribution in [0, 0.1) is 11.2 Å². The Labute approximate surface area is 109 Å². The van der Waals surface area contributed by atoms with Gasteiger partial charge in [-0.15, -0.1) is 0 Å². The molecule has 0 unspecified atom stereocenters. The average molecular weight is 251 g/mol. The van der Waals surface area contributed by atoms with Crippen LogP contribution in [-0.2, 0) is 11.2 Å². The highest BCUT2D eigenvalue weighted by molar-refractivity contribution is 5.82. The Kier molecular flexibility index (Phi) is 5.03. The molecule has 0 aliphatic heterocycles. The van der Waals surface area contributed by atoms with Crippen LogP contribution in [0.1, 0.15) is 26.3 Å². The lowest BCUT2D eigenvalue weighted by Crippen LogP contribution is -2.34. The van der Waals surface area contributed by atoms with Gasteiger partial charge in [0.05, 0.1) is 6.54 Å². The fourth-order valence-corrected chi connectivity index (χ4v) is 2.08. The van der Waals surface area contributed by atoms with Crippen molar-refractivity contribution in [1.82, 2.24) is 4.90 Å². The van der Waals surface area contributed by atoms with Gasteiger partial charge in [0.25, 0.3) is 0 Å². The zero-order valence-electron chi connectivity index (χ0n) is 11.7. The second-order valence-electron chi connectivity index (χ2n) is 6.04. The largest absolute Gasteiger partial charge is 0.299 e. The molecule has 0 aromatic heterocycles. The summed E-state index contributed by atoms with van der Waals surface area (Å²) in [6.45, 7) is 7.60. The number of likely N-dealkylation sites (N-methyl/N-ethyl adjacent to an activating group) is 1. The van der Waals surface area contributed by atoms with Crippen molar-refractivity contribution in [2.24, 2.45) is 5.41 Å². The molecule has 0 N–H and O–H groups in total. The van der Waals surface area contributed by atoms with Crippen molar-refractivity contribution in [2.45, 2.75) is 27.2 Å². The van der Waals surface area contributed by atoms with Gasteiger partial charge in [-0.25, -0.2) is 4.39 Å². The molecule has 0 heterocycles. The Morgan fingerprint density at radius 1 is 1.28 bits per heavy atom. The van der Waals surface area contributed by atoms with Gasteiger partial charge in [-0.2, -0.15) is 0 Å². The lowest BCUT2D eigenvalue weighted by molar-refractivity contribution is -0.119. The lowest BCUT2D eigenvalue weighted by Gasteiger charge is -2.25. The van der Waals surface area contributed by atoms with E-state index >= 15 is 0 Å². The summed E-state index contributed by atoms with van der Waals surface area (Å²) >= 11 is 0. The van der Waals surface area contributed by atoms with Gasteiger partial charge < -0.3 is 0 Å². The maximum absolute atomic E-state index is 13.4. The molecule has 0 aliphatic carbocycles. The molecule has 18 heavy (non-hydrogen) atoms. The summed E-state index contributed by atoms with van der Waals surface area (Å²) in [7, 11) is 1.92. The summed E-state index contributed by atoms with van der Waals surface area (Å²) in [5.41, 5.74) is 0.638. The highest BCUT2D eigenvalue weighted by Gasteiger charge is 2.16. The molecule has 0 atom stereocenters. The van der Waals surface area contributed by atoms with Gasteiger partial charge in [0, 0.05) is 13.0 Å². The number of ketones is 1. The molecule has 0 saturated carbocycles. The molecule has 1 aromatic rings. The third kappa shape index (κ3) is 5.41. The molecule has 1 aromatic carbocycles. The van der Waals surface area contributed by atoms with Crippen molar-refractivity contribution in [3.05, 3.63) is 35.6 Å². The predicted molar refractivity (Wildman–Crippen MR) is 72.1 cm³/mol. The van der Waals surface area contributed by atoms with Crippen molar-refractivity contribution >= 4 is 5.78 Å². The first-order valence-corrected chi connectivity index (χ1v) is 6.21. The lowest BCUT2D eigenvalue weighted by atomic mass is 9.96. The van der Waals surface area contributed by atoms with E-state index in [1.807, 2.05) is 11.9 Å². The number of carbonyl (C=O) groups is 1. The van der Waals surface area contributed by atoms with E-state index in [1.165, 1.54) is 6.07 Å². The first-order valence-electron chi connectivity index (χ1n) is 6.21. The Morgan fingerprint density at radius 2 is 1.89 bits per heavy atom. The van der Waals surface area contributed by atoms with Crippen molar-refractivity contribution in [2.75, 3.05) is 20.1 Å². The summed E-state index contributed by atoms with van der Waals surface area (Å²) in [5.74, 6) is -0.254. The summed E-state index contributed by atoms with van der Waals surface area (Å²) < 4.78 is 13.4. The van der Waals surface area contributed by atoms with E-state index in [2.05, 4.69) is 20.8 Å². The van der Waals surface area contributed by atoms with Gasteiger partial charge >= 0.3 is 0 Å². The van der Waals surface area contributed by atoms with E-state index in [4.69, 9.17) is 0 Å². The monoisotopic (exact) mass is 251 g/mol. The quantitative estimate of drug-likeness (QED) is 0.802. The van der Waals surface area contributed by atoms with E-state index in [9.17, 15) is 9.18 Å². The second kappa shape index (κ2) is 6.10. The van der Waals surface area contributed by atoms with Crippen LogP contribution >= 0.6 is 0 Å². The highest BCUT2D eigenvalue weighted by Crippen LogP contribution is 2.14. The SMILES string of the molecule is CN(CC(=O)Cc1ccccc1F)CC(C)(C)C. The molecule has 0 radical (unpaired) electrons. The molecular formula is C15H22FNO. The molecule has 1 rings (SSSR count). The standard InChI is InChI=1S/C15H22FNO/c1-15(2,3)11-17(4)10-13(18)9-12-7-5-6-8-14(12)16/h5-8H,9-11H2,1-4H3. The Balaban J connectivity index is 2.50. The summed E-state index contributed by atoms with van der Waals surface area (Å²) in [6, 6.07) is 6.44. The average Bonchev–Trinajstić information content (AvgIpc) is 2.18. The normalized spacial score (nSPS) is 11.9. The van der Waals surface area contributed by atoms with E-state index in [-0.39, 0.29) is 23.4 Å². The maximum Gasteiger partial charge on any atom is 0.151 e. The van der Waals surface area contributed by atoms with Gasteiger partial charge in [0.2, 0.25) is 0 Å². The molecule has 3 heteroatoms. The number of Topliss-reactive ketones (excluding diaryl/α,β-unsaturated/α-hetero) is 1. The molecule has 0 fully saturated rings. The molecule has 0 bridgehead atoms. The molecular weight excluding hydrogens is 229 g/mol. The van der Waals surface area contributed by atoms with Crippen molar-refractivity contribution in [3.63, 3.8) is 0 Å². The Hall–Kier alpha value is -1.22. The molecule has 2 nitrogen and oxygen atoms in total. The van der Waals surface area contributed by atoms with E-state index in [1.54, 1.807) is 18.2 Å². The smallest absolute Gasteiger partial charge is 0.151 e. The number of hydrogen-bond donors (Lipinski definition) is 0. The predicted octanol–water partition coefficient (Wildman–Crippen LogP) is 2.92. The third-order valence-corrected chi connectivity index (χ3v) is 2.54. The fourth-order valence-electron chi connectivity index (χ4n) is 2.08. The molecule has 100 valence electrons. The van der Waals surface area contributed by atoms with Crippen LogP contribution in [0.25, 0.3) is 0 Å². The number of nitrogens with zero attached hydrogens (tertiary/aromatic N) is 1. The minimum Gasteiger partial charge on any atom is -0.299 e. The van der Waals surface area contributed by atoms with Gasteiger partial charge in [-0.3, -0.25) is 9.69 Å². The fraction of sp³-hybridized carbons (Fsp3) is 0.533. The number of hydrogen-bond acceptors (Lipinski definition) is 2. The van der Waals surface area contributed by atoms with Crippen molar-refractivity contribution in [3.8, 4) is 0 Å². The van der Waals surface area contributed by atoms with Gasteiger partial charge in [-0.1, -0.05) is 39.0 Å². The van der Waals surface area contributed by atoms with Crippen LogP contribution in [0.5, 0.6) is 0 Å². The topological polar surface area (TPSA) is 20.3 Å². The summed E-state index contributed by atoms with van der Waals surface area (Å²) in [5, 5.41) is 0.